The maximum absolute atomic E-state index is 13.5. The second kappa shape index (κ2) is 25.0. The third-order valence-corrected chi connectivity index (χ3v) is 8.77. The summed E-state index contributed by atoms with van der Waals surface area (Å²) in [6.45, 7) is 6.60. The summed E-state index contributed by atoms with van der Waals surface area (Å²) in [5.41, 5.74) is 0. The predicted molar refractivity (Wildman–Crippen MR) is 179 cm³/mol. The minimum Gasteiger partial charge on any atom is -0.449 e. The first kappa shape index (κ1) is 39.8. The van der Waals surface area contributed by atoms with Gasteiger partial charge in [0.2, 0.25) is 17.7 Å². The van der Waals surface area contributed by atoms with Gasteiger partial charge in [-0.25, -0.2) is 9.69 Å². The number of allylic oxidation sites excluding steroid dienone is 2. The molecular weight excluding hydrogens is 554 g/mol. The molecule has 44 heavy (non-hydrogen) atoms. The van der Waals surface area contributed by atoms with Gasteiger partial charge in [0.1, 0.15) is 0 Å². The van der Waals surface area contributed by atoms with Crippen molar-refractivity contribution in [3.63, 3.8) is 0 Å². The summed E-state index contributed by atoms with van der Waals surface area (Å²) in [5.74, 6) is -1.41. The van der Waals surface area contributed by atoms with Crippen molar-refractivity contribution in [3.8, 4) is 0 Å². The molecule has 0 saturated carbocycles. The fourth-order valence-corrected chi connectivity index (χ4v) is 5.98. The molecular formula is C36H65N3O5. The lowest BCUT2D eigenvalue weighted by molar-refractivity contribution is -0.148. The first-order chi connectivity index (χ1) is 21.2. The highest BCUT2D eigenvalue weighted by Crippen LogP contribution is 2.28. The molecule has 0 heterocycles. The molecule has 1 rings (SSSR count). The van der Waals surface area contributed by atoms with Crippen molar-refractivity contribution in [2.45, 2.75) is 143 Å². The number of unbranched alkanes of at least 4 members (excludes halogenated alkanes) is 15. The van der Waals surface area contributed by atoms with Gasteiger partial charge >= 0.3 is 6.09 Å². The Morgan fingerprint density at radius 3 is 1.55 bits per heavy atom. The average molecular weight is 620 g/mol. The van der Waals surface area contributed by atoms with Crippen molar-refractivity contribution in [2.75, 3.05) is 40.3 Å². The topological polar surface area (TPSA) is 87.2 Å². The van der Waals surface area contributed by atoms with Crippen LogP contribution in [-0.4, -0.2) is 78.9 Å². The number of amides is 4. The van der Waals surface area contributed by atoms with E-state index < -0.39 is 12.0 Å². The fourth-order valence-electron chi connectivity index (χ4n) is 5.98. The monoisotopic (exact) mass is 619 g/mol. The highest BCUT2D eigenvalue weighted by atomic mass is 16.6. The van der Waals surface area contributed by atoms with Crippen LogP contribution in [0, 0.1) is 11.8 Å². The van der Waals surface area contributed by atoms with Gasteiger partial charge in [0, 0.05) is 38.8 Å². The molecule has 0 fully saturated rings. The van der Waals surface area contributed by atoms with Crippen LogP contribution in [0.5, 0.6) is 0 Å². The molecule has 0 radical (unpaired) electrons. The summed E-state index contributed by atoms with van der Waals surface area (Å²) >= 11 is 0. The van der Waals surface area contributed by atoms with E-state index in [-0.39, 0.29) is 36.8 Å². The van der Waals surface area contributed by atoms with Crippen LogP contribution in [0.25, 0.3) is 0 Å². The van der Waals surface area contributed by atoms with Gasteiger partial charge in [-0.1, -0.05) is 115 Å². The van der Waals surface area contributed by atoms with Crippen LogP contribution < -0.4 is 0 Å². The van der Waals surface area contributed by atoms with Crippen LogP contribution in [-0.2, 0) is 19.1 Å². The standard InChI is InChI=1S/C36H65N3O5/c1-6-7-8-9-10-11-12-13-14-15-16-17-18-19-20-23-28-38(31(2)40)35(42)34-26-22-21-25-33(34)30-44-36(43)39(32(3)41)29-24-27-37(4)5/h21-22,33-34H,6-20,23-30H2,1-5H3. The number of rotatable bonds is 24. The zero-order chi connectivity index (χ0) is 32.6. The lowest BCUT2D eigenvalue weighted by Gasteiger charge is -2.31. The Balaban J connectivity index is 2.35. The normalized spacial score (nSPS) is 16.2. The number of nitrogens with zero attached hydrogens (tertiary/aromatic N) is 3. The first-order valence-electron chi connectivity index (χ1n) is 17.8. The number of hydrogen-bond donors (Lipinski definition) is 0. The maximum Gasteiger partial charge on any atom is 0.416 e. The smallest absolute Gasteiger partial charge is 0.416 e. The van der Waals surface area contributed by atoms with Crippen LogP contribution in [0.15, 0.2) is 12.2 Å². The van der Waals surface area contributed by atoms with Crippen molar-refractivity contribution in [1.29, 1.82) is 0 Å². The van der Waals surface area contributed by atoms with Crippen molar-refractivity contribution in [2.24, 2.45) is 11.8 Å². The molecule has 0 spiro atoms. The predicted octanol–water partition coefficient (Wildman–Crippen LogP) is 8.14. The van der Waals surface area contributed by atoms with Gasteiger partial charge in [0.05, 0.1) is 6.61 Å². The third kappa shape index (κ3) is 17.9. The Morgan fingerprint density at radius 2 is 1.07 bits per heavy atom. The van der Waals surface area contributed by atoms with Crippen LogP contribution in [0.1, 0.15) is 143 Å². The highest BCUT2D eigenvalue weighted by Gasteiger charge is 2.34. The number of ether oxygens (including phenoxy) is 1. The van der Waals surface area contributed by atoms with Crippen LogP contribution in [0.3, 0.4) is 0 Å². The van der Waals surface area contributed by atoms with Crippen molar-refractivity contribution in [3.05, 3.63) is 12.2 Å². The SMILES string of the molecule is CCCCCCCCCCCCCCCCCCN(C(C)=O)C(=O)C1CC=CCC1COC(=O)N(CCCN(C)C)C(C)=O. The molecule has 8 heteroatoms. The summed E-state index contributed by atoms with van der Waals surface area (Å²) in [6, 6.07) is 0. The van der Waals surface area contributed by atoms with Gasteiger partial charge in [0.15, 0.2) is 0 Å². The van der Waals surface area contributed by atoms with Gasteiger partial charge in [-0.3, -0.25) is 19.3 Å². The zero-order valence-corrected chi connectivity index (χ0v) is 29.0. The van der Waals surface area contributed by atoms with E-state index in [4.69, 9.17) is 4.74 Å². The Labute approximate surface area is 269 Å². The molecule has 1 aliphatic carbocycles. The molecule has 0 aromatic rings. The molecule has 4 amide bonds. The van der Waals surface area contributed by atoms with Gasteiger partial charge in [0.25, 0.3) is 0 Å². The largest absolute Gasteiger partial charge is 0.449 e. The van der Waals surface area contributed by atoms with Crippen LogP contribution in [0.4, 0.5) is 4.79 Å². The van der Waals surface area contributed by atoms with E-state index in [0.717, 1.165) is 30.7 Å². The minimum absolute atomic E-state index is 0.0435. The molecule has 254 valence electrons. The minimum atomic E-state index is -0.673. The molecule has 0 aromatic carbocycles. The Kier molecular flexibility index (Phi) is 22.6. The molecule has 8 nitrogen and oxygen atoms in total. The van der Waals surface area contributed by atoms with Crippen LogP contribution >= 0.6 is 0 Å². The molecule has 0 bridgehead atoms. The maximum atomic E-state index is 13.5. The Morgan fingerprint density at radius 1 is 0.614 bits per heavy atom. The summed E-state index contributed by atoms with van der Waals surface area (Å²) in [6.07, 6.45) is 25.5. The summed E-state index contributed by atoms with van der Waals surface area (Å²) < 4.78 is 5.54. The molecule has 0 N–H and O–H groups in total. The van der Waals surface area contributed by atoms with Gasteiger partial charge < -0.3 is 9.64 Å². The number of hydrogen-bond acceptors (Lipinski definition) is 6. The van der Waals surface area contributed by atoms with Gasteiger partial charge in [-0.2, -0.15) is 0 Å². The van der Waals surface area contributed by atoms with Crippen LogP contribution in [0.2, 0.25) is 0 Å². The summed E-state index contributed by atoms with van der Waals surface area (Å²) in [5, 5.41) is 0. The van der Waals surface area contributed by atoms with Crippen molar-refractivity contribution in [1.82, 2.24) is 14.7 Å². The zero-order valence-electron chi connectivity index (χ0n) is 29.0. The molecule has 2 unspecified atom stereocenters. The van der Waals surface area contributed by atoms with E-state index in [9.17, 15) is 19.2 Å². The molecule has 0 aliphatic heterocycles. The van der Waals surface area contributed by atoms with Gasteiger partial charge in [-0.05, 0) is 46.3 Å². The highest BCUT2D eigenvalue weighted by molar-refractivity contribution is 5.95. The summed E-state index contributed by atoms with van der Waals surface area (Å²) in [7, 11) is 3.88. The van der Waals surface area contributed by atoms with E-state index in [1.54, 1.807) is 0 Å². The lowest BCUT2D eigenvalue weighted by atomic mass is 9.82. The van der Waals surface area contributed by atoms with E-state index in [2.05, 4.69) is 6.92 Å². The second-order valence-electron chi connectivity index (χ2n) is 13.0. The number of carbonyl (C=O) groups excluding carboxylic acids is 4. The molecule has 0 aromatic heterocycles. The fraction of sp³-hybridized carbons (Fsp3) is 0.833. The average Bonchev–Trinajstić information content (AvgIpc) is 2.99. The molecule has 0 saturated heterocycles. The van der Waals surface area contributed by atoms with E-state index in [0.29, 0.717) is 25.8 Å². The van der Waals surface area contributed by atoms with Crippen molar-refractivity contribution < 1.29 is 23.9 Å². The van der Waals surface area contributed by atoms with Gasteiger partial charge in [-0.15, -0.1) is 0 Å². The number of imide groups is 2. The summed E-state index contributed by atoms with van der Waals surface area (Å²) in [4.78, 5) is 55.2. The Hall–Kier alpha value is -2.22. The first-order valence-corrected chi connectivity index (χ1v) is 17.8. The molecule has 1 aliphatic rings. The van der Waals surface area contributed by atoms with E-state index in [1.807, 2.05) is 31.1 Å². The second-order valence-corrected chi connectivity index (χ2v) is 13.0. The van der Waals surface area contributed by atoms with E-state index in [1.165, 1.54) is 102 Å². The number of carbonyl (C=O) groups is 4. The molecule has 2 atom stereocenters. The lowest BCUT2D eigenvalue weighted by Crippen LogP contribution is -2.44. The van der Waals surface area contributed by atoms with E-state index >= 15 is 0 Å². The third-order valence-electron chi connectivity index (χ3n) is 8.77. The Bertz CT molecular complexity index is 844. The quantitative estimate of drug-likeness (QED) is 0.0801. The van der Waals surface area contributed by atoms with Crippen molar-refractivity contribution >= 4 is 23.8 Å².